The van der Waals surface area contributed by atoms with Crippen LogP contribution in [-0.2, 0) is 9.84 Å². The molecular formula is C11H13NO7S. The maximum Gasteiger partial charge on any atom is 0.335 e. The molecule has 9 heteroatoms. The van der Waals surface area contributed by atoms with Gasteiger partial charge < -0.3 is 9.84 Å². The van der Waals surface area contributed by atoms with Gasteiger partial charge in [0.15, 0.2) is 15.6 Å². The van der Waals surface area contributed by atoms with Crippen LogP contribution in [0.5, 0.6) is 5.75 Å². The van der Waals surface area contributed by atoms with Gasteiger partial charge in [0.05, 0.1) is 16.2 Å². The molecule has 1 aromatic carbocycles. The van der Waals surface area contributed by atoms with Crippen molar-refractivity contribution >= 4 is 21.5 Å². The van der Waals surface area contributed by atoms with E-state index >= 15 is 0 Å². The average Bonchev–Trinajstić information content (AvgIpc) is 2.38. The Morgan fingerprint density at radius 1 is 1.45 bits per heavy atom. The Morgan fingerprint density at radius 2 is 2.10 bits per heavy atom. The van der Waals surface area contributed by atoms with Crippen LogP contribution >= 0.6 is 0 Å². The minimum Gasteiger partial charge on any atom is -0.486 e. The number of hydrogen-bond acceptors (Lipinski definition) is 6. The summed E-state index contributed by atoms with van der Waals surface area (Å²) in [5.41, 5.74) is -0.760. The molecule has 1 aromatic rings. The smallest absolute Gasteiger partial charge is 0.335 e. The van der Waals surface area contributed by atoms with Gasteiger partial charge in [-0.05, 0) is 12.1 Å². The number of sulfone groups is 1. The summed E-state index contributed by atoms with van der Waals surface area (Å²) in [5.74, 6) is -1.77. The molecule has 20 heavy (non-hydrogen) atoms. The lowest BCUT2D eigenvalue weighted by atomic mass is 10.2. The van der Waals surface area contributed by atoms with Gasteiger partial charge in [-0.2, -0.15) is 0 Å². The van der Waals surface area contributed by atoms with Crippen molar-refractivity contribution in [2.75, 3.05) is 18.1 Å². The largest absolute Gasteiger partial charge is 0.486 e. The van der Waals surface area contributed by atoms with E-state index in [1.54, 1.807) is 0 Å². The van der Waals surface area contributed by atoms with E-state index in [1.165, 1.54) is 6.92 Å². The molecule has 0 radical (unpaired) electrons. The Balaban J connectivity index is 2.90. The Kier molecular flexibility index (Phi) is 5.03. The minimum atomic E-state index is -3.23. The SMILES string of the molecule is CCS(=O)(=O)CCOc1ccc(C(=O)O)cc1[N+](=O)[O-]. The Labute approximate surface area is 115 Å². The van der Waals surface area contributed by atoms with Crippen molar-refractivity contribution in [3.63, 3.8) is 0 Å². The maximum atomic E-state index is 11.3. The summed E-state index contributed by atoms with van der Waals surface area (Å²) >= 11 is 0. The van der Waals surface area contributed by atoms with Crippen LogP contribution in [0.1, 0.15) is 17.3 Å². The summed E-state index contributed by atoms with van der Waals surface area (Å²) in [6, 6.07) is 3.16. The molecule has 0 amide bonds. The number of ether oxygens (including phenoxy) is 1. The third kappa shape index (κ3) is 4.19. The standard InChI is InChI=1S/C11H13NO7S/c1-2-20(17,18)6-5-19-10-4-3-8(11(13)14)7-9(10)12(15)16/h3-4,7H,2,5-6H2,1H3,(H,13,14). The van der Waals surface area contributed by atoms with Gasteiger partial charge in [-0.3, -0.25) is 10.1 Å². The monoisotopic (exact) mass is 303 g/mol. The number of benzene rings is 1. The summed E-state index contributed by atoms with van der Waals surface area (Å²) in [4.78, 5) is 20.8. The molecule has 1 rings (SSSR count). The minimum absolute atomic E-state index is 0.0452. The van der Waals surface area contributed by atoms with E-state index in [1.807, 2.05) is 0 Å². The molecule has 8 nitrogen and oxygen atoms in total. The van der Waals surface area contributed by atoms with Crippen LogP contribution < -0.4 is 4.74 Å². The summed E-state index contributed by atoms with van der Waals surface area (Å²) in [6.45, 7) is 1.25. The summed E-state index contributed by atoms with van der Waals surface area (Å²) in [7, 11) is -3.23. The lowest BCUT2D eigenvalue weighted by molar-refractivity contribution is -0.385. The highest BCUT2D eigenvalue weighted by molar-refractivity contribution is 7.91. The molecule has 1 N–H and O–H groups in total. The molecule has 0 unspecified atom stereocenters. The highest BCUT2D eigenvalue weighted by atomic mass is 32.2. The van der Waals surface area contributed by atoms with Gasteiger partial charge in [0.1, 0.15) is 6.61 Å². The second-order valence-electron chi connectivity index (χ2n) is 3.83. The molecule has 0 aromatic heterocycles. The number of nitro benzene ring substituents is 1. The van der Waals surface area contributed by atoms with Crippen molar-refractivity contribution in [1.82, 2.24) is 0 Å². The van der Waals surface area contributed by atoms with Crippen LogP contribution in [-0.4, -0.2) is 42.5 Å². The topological polar surface area (TPSA) is 124 Å². The van der Waals surface area contributed by atoms with Crippen LogP contribution in [0.3, 0.4) is 0 Å². The van der Waals surface area contributed by atoms with Crippen molar-refractivity contribution in [1.29, 1.82) is 0 Å². The van der Waals surface area contributed by atoms with Crippen LogP contribution in [0.4, 0.5) is 5.69 Å². The predicted octanol–water partition coefficient (Wildman–Crippen LogP) is 1.11. The van der Waals surface area contributed by atoms with Gasteiger partial charge in [0.25, 0.3) is 0 Å². The summed E-state index contributed by atoms with van der Waals surface area (Å²) in [5, 5.41) is 19.6. The maximum absolute atomic E-state index is 11.3. The zero-order chi connectivity index (χ0) is 15.3. The summed E-state index contributed by atoms with van der Waals surface area (Å²) in [6.07, 6.45) is 0. The van der Waals surface area contributed by atoms with Crippen molar-refractivity contribution < 1.29 is 28.0 Å². The molecule has 0 saturated heterocycles. The number of aromatic carboxylic acids is 1. The molecule has 110 valence electrons. The van der Waals surface area contributed by atoms with E-state index in [0.29, 0.717) is 0 Å². The highest BCUT2D eigenvalue weighted by Gasteiger charge is 2.19. The van der Waals surface area contributed by atoms with Crippen LogP contribution in [0, 0.1) is 10.1 Å². The molecule has 0 fully saturated rings. The zero-order valence-electron chi connectivity index (χ0n) is 10.6. The van der Waals surface area contributed by atoms with Gasteiger partial charge >= 0.3 is 11.7 Å². The van der Waals surface area contributed by atoms with E-state index in [9.17, 15) is 23.3 Å². The molecule has 0 atom stereocenters. The van der Waals surface area contributed by atoms with Gasteiger partial charge in [-0.15, -0.1) is 0 Å². The molecule has 0 spiro atoms. The number of nitrogens with zero attached hydrogens (tertiary/aromatic N) is 1. The van der Waals surface area contributed by atoms with E-state index in [0.717, 1.165) is 18.2 Å². The number of carbonyl (C=O) groups is 1. The Bertz CT molecular complexity index is 624. The van der Waals surface area contributed by atoms with Gasteiger partial charge in [-0.25, -0.2) is 13.2 Å². The number of hydrogen-bond donors (Lipinski definition) is 1. The molecule has 0 saturated carbocycles. The lowest BCUT2D eigenvalue weighted by Gasteiger charge is -2.07. The first-order valence-electron chi connectivity index (χ1n) is 5.62. The number of carboxylic acid groups (broad SMARTS) is 1. The second-order valence-corrected chi connectivity index (χ2v) is 6.30. The predicted molar refractivity (Wildman–Crippen MR) is 69.9 cm³/mol. The lowest BCUT2D eigenvalue weighted by Crippen LogP contribution is -2.16. The summed E-state index contributed by atoms with van der Waals surface area (Å²) < 4.78 is 27.6. The van der Waals surface area contributed by atoms with Crippen molar-refractivity contribution in [3.05, 3.63) is 33.9 Å². The first-order valence-corrected chi connectivity index (χ1v) is 7.44. The third-order valence-corrected chi connectivity index (χ3v) is 4.16. The number of carboxylic acids is 1. The van der Waals surface area contributed by atoms with Gasteiger partial charge in [-0.1, -0.05) is 6.92 Å². The van der Waals surface area contributed by atoms with Crippen LogP contribution in [0.2, 0.25) is 0 Å². The Morgan fingerprint density at radius 3 is 2.60 bits per heavy atom. The molecule has 0 aliphatic carbocycles. The molecule has 0 aliphatic rings. The molecule has 0 aliphatic heterocycles. The van der Waals surface area contributed by atoms with E-state index < -0.39 is 26.4 Å². The highest BCUT2D eigenvalue weighted by Crippen LogP contribution is 2.28. The number of nitro groups is 1. The fourth-order valence-electron chi connectivity index (χ4n) is 1.34. The van der Waals surface area contributed by atoms with Crippen molar-refractivity contribution in [2.45, 2.75) is 6.92 Å². The van der Waals surface area contributed by atoms with Crippen molar-refractivity contribution in [2.24, 2.45) is 0 Å². The average molecular weight is 303 g/mol. The zero-order valence-corrected chi connectivity index (χ0v) is 11.4. The van der Waals surface area contributed by atoms with Gasteiger partial charge in [0.2, 0.25) is 0 Å². The molecular weight excluding hydrogens is 290 g/mol. The van der Waals surface area contributed by atoms with Gasteiger partial charge in [0, 0.05) is 11.8 Å². The molecule has 0 bridgehead atoms. The normalized spacial score (nSPS) is 11.1. The van der Waals surface area contributed by atoms with Crippen LogP contribution in [0.25, 0.3) is 0 Å². The fourth-order valence-corrected chi connectivity index (χ4v) is 1.96. The van der Waals surface area contributed by atoms with E-state index in [-0.39, 0.29) is 29.4 Å². The fraction of sp³-hybridized carbons (Fsp3) is 0.364. The second kappa shape index (κ2) is 6.33. The van der Waals surface area contributed by atoms with Crippen molar-refractivity contribution in [3.8, 4) is 5.75 Å². The molecule has 0 heterocycles. The van der Waals surface area contributed by atoms with Crippen LogP contribution in [0.15, 0.2) is 18.2 Å². The first-order chi connectivity index (χ1) is 9.26. The van der Waals surface area contributed by atoms with E-state index in [2.05, 4.69) is 0 Å². The number of rotatable bonds is 7. The quantitative estimate of drug-likeness (QED) is 0.590. The Hall–Kier alpha value is -2.16. The van der Waals surface area contributed by atoms with E-state index in [4.69, 9.17) is 9.84 Å². The third-order valence-electron chi connectivity index (χ3n) is 2.49. The first kappa shape index (κ1) is 15.9.